The van der Waals surface area contributed by atoms with Crippen LogP contribution >= 0.6 is 0 Å². The molecule has 0 aliphatic rings. The number of nitrogens with two attached hydrogens (primary N) is 1. The average molecular weight is 310 g/mol. The summed E-state index contributed by atoms with van der Waals surface area (Å²) in [6.45, 7) is 4.50. The first-order valence-electron chi connectivity index (χ1n) is 8.87. The van der Waals surface area contributed by atoms with Gasteiger partial charge >= 0.3 is 0 Å². The van der Waals surface area contributed by atoms with Crippen molar-refractivity contribution in [3.05, 3.63) is 71.8 Å². The minimum Gasteiger partial charge on any atom is -0.322 e. The minimum absolute atomic E-state index is 0.0465. The zero-order valence-electron chi connectivity index (χ0n) is 14.4. The van der Waals surface area contributed by atoms with Gasteiger partial charge in [-0.1, -0.05) is 87.4 Å². The maximum absolute atomic E-state index is 6.65. The Morgan fingerprint density at radius 1 is 0.783 bits per heavy atom. The fourth-order valence-corrected chi connectivity index (χ4v) is 3.20. The molecular weight excluding hydrogens is 280 g/mol. The molecule has 0 heterocycles. The maximum Gasteiger partial charge on any atom is 0.0518 e. The van der Waals surface area contributed by atoms with Gasteiger partial charge in [-0.15, -0.1) is 0 Å². The molecule has 0 unspecified atom stereocenters. The standard InChI is InChI=1S/C21H30N2/c1-3-11-19(12-4-2)23-21(18-15-9-6-10-16-18)20(22)17-13-7-5-8-14-17/h5-10,13-16,19-21,23H,3-4,11-12,22H2,1-2H3/t20-,21-/m1/s1. The van der Waals surface area contributed by atoms with Crippen LogP contribution in [0.3, 0.4) is 0 Å². The summed E-state index contributed by atoms with van der Waals surface area (Å²) < 4.78 is 0. The van der Waals surface area contributed by atoms with Crippen LogP contribution in [-0.2, 0) is 0 Å². The number of rotatable bonds is 9. The fourth-order valence-electron chi connectivity index (χ4n) is 3.20. The Labute approximate surface area is 141 Å². The molecule has 0 aliphatic carbocycles. The Balaban J connectivity index is 2.24. The highest BCUT2D eigenvalue weighted by Gasteiger charge is 2.23. The van der Waals surface area contributed by atoms with Gasteiger partial charge in [-0.2, -0.15) is 0 Å². The second kappa shape index (κ2) is 9.49. The Morgan fingerprint density at radius 2 is 1.26 bits per heavy atom. The lowest BCUT2D eigenvalue weighted by atomic mass is 9.92. The molecule has 0 aliphatic heterocycles. The highest BCUT2D eigenvalue weighted by atomic mass is 15.0. The van der Waals surface area contributed by atoms with Crippen molar-refractivity contribution in [2.24, 2.45) is 5.73 Å². The van der Waals surface area contributed by atoms with E-state index in [4.69, 9.17) is 5.73 Å². The molecule has 2 heteroatoms. The summed E-state index contributed by atoms with van der Waals surface area (Å²) in [6.07, 6.45) is 4.77. The van der Waals surface area contributed by atoms with Gasteiger partial charge < -0.3 is 11.1 Å². The molecule has 124 valence electrons. The van der Waals surface area contributed by atoms with Crippen molar-refractivity contribution in [2.75, 3.05) is 0 Å². The third kappa shape index (κ3) is 5.19. The van der Waals surface area contributed by atoms with E-state index in [2.05, 4.69) is 73.8 Å². The summed E-state index contributed by atoms with van der Waals surface area (Å²) in [5.74, 6) is 0. The molecule has 0 saturated carbocycles. The topological polar surface area (TPSA) is 38.0 Å². The van der Waals surface area contributed by atoms with Crippen LogP contribution in [0.5, 0.6) is 0 Å². The summed E-state index contributed by atoms with van der Waals surface area (Å²) in [7, 11) is 0. The number of nitrogens with one attached hydrogen (secondary N) is 1. The Hall–Kier alpha value is -1.64. The van der Waals surface area contributed by atoms with Gasteiger partial charge in [0.2, 0.25) is 0 Å². The molecule has 0 bridgehead atoms. The molecule has 0 aromatic heterocycles. The van der Waals surface area contributed by atoms with Crippen LogP contribution in [-0.4, -0.2) is 6.04 Å². The van der Waals surface area contributed by atoms with Crippen molar-refractivity contribution in [1.82, 2.24) is 5.32 Å². The molecule has 2 aromatic carbocycles. The summed E-state index contributed by atoms with van der Waals surface area (Å²) in [6, 6.07) is 21.6. The molecule has 0 spiro atoms. The van der Waals surface area contributed by atoms with Crippen molar-refractivity contribution >= 4 is 0 Å². The normalized spacial score (nSPS) is 13.9. The van der Waals surface area contributed by atoms with E-state index < -0.39 is 0 Å². The summed E-state index contributed by atoms with van der Waals surface area (Å²) in [5.41, 5.74) is 9.10. The SMILES string of the molecule is CCCC(CCC)N[C@H](c1ccccc1)[C@H](N)c1ccccc1. The van der Waals surface area contributed by atoms with Gasteiger partial charge in [-0.05, 0) is 24.0 Å². The molecule has 0 fully saturated rings. The van der Waals surface area contributed by atoms with Crippen LogP contribution in [0, 0.1) is 0 Å². The third-order valence-electron chi connectivity index (χ3n) is 4.39. The van der Waals surface area contributed by atoms with Gasteiger partial charge in [0.15, 0.2) is 0 Å². The molecule has 2 nitrogen and oxygen atoms in total. The fraction of sp³-hybridized carbons (Fsp3) is 0.429. The van der Waals surface area contributed by atoms with Crippen LogP contribution in [0.4, 0.5) is 0 Å². The molecule has 2 atom stereocenters. The van der Waals surface area contributed by atoms with E-state index in [0.717, 1.165) is 0 Å². The van der Waals surface area contributed by atoms with Crippen molar-refractivity contribution in [3.63, 3.8) is 0 Å². The van der Waals surface area contributed by atoms with Crippen LogP contribution in [0.1, 0.15) is 62.7 Å². The van der Waals surface area contributed by atoms with Crippen molar-refractivity contribution in [2.45, 2.75) is 57.7 Å². The largest absolute Gasteiger partial charge is 0.322 e. The van der Waals surface area contributed by atoms with Crippen molar-refractivity contribution < 1.29 is 0 Å². The van der Waals surface area contributed by atoms with Crippen molar-refractivity contribution in [1.29, 1.82) is 0 Å². The second-order valence-electron chi connectivity index (χ2n) is 6.27. The van der Waals surface area contributed by atoms with Gasteiger partial charge in [0.1, 0.15) is 0 Å². The Bertz CT molecular complexity index is 532. The monoisotopic (exact) mass is 310 g/mol. The molecule has 0 radical (unpaired) electrons. The van der Waals surface area contributed by atoms with Gasteiger partial charge in [-0.3, -0.25) is 0 Å². The van der Waals surface area contributed by atoms with Crippen LogP contribution in [0.2, 0.25) is 0 Å². The minimum atomic E-state index is -0.0465. The van der Waals surface area contributed by atoms with Gasteiger partial charge in [0.05, 0.1) is 6.04 Å². The highest BCUT2D eigenvalue weighted by molar-refractivity contribution is 5.27. The van der Waals surface area contributed by atoms with E-state index in [-0.39, 0.29) is 12.1 Å². The third-order valence-corrected chi connectivity index (χ3v) is 4.39. The molecule has 0 amide bonds. The summed E-state index contributed by atoms with van der Waals surface area (Å²) >= 11 is 0. The maximum atomic E-state index is 6.65. The van der Waals surface area contributed by atoms with E-state index in [1.807, 2.05) is 6.07 Å². The lowest BCUT2D eigenvalue weighted by Crippen LogP contribution is -2.38. The Morgan fingerprint density at radius 3 is 1.74 bits per heavy atom. The molecule has 0 saturated heterocycles. The highest BCUT2D eigenvalue weighted by Crippen LogP contribution is 2.28. The summed E-state index contributed by atoms with van der Waals surface area (Å²) in [4.78, 5) is 0. The molecule has 2 aromatic rings. The predicted octanol–water partition coefficient (Wildman–Crippen LogP) is 4.99. The average Bonchev–Trinajstić information content (AvgIpc) is 2.61. The van der Waals surface area contributed by atoms with Gasteiger partial charge in [0.25, 0.3) is 0 Å². The first kappa shape index (κ1) is 17.7. The van der Waals surface area contributed by atoms with Crippen LogP contribution in [0.25, 0.3) is 0 Å². The predicted molar refractivity (Wildman–Crippen MR) is 99.3 cm³/mol. The zero-order chi connectivity index (χ0) is 16.5. The van der Waals surface area contributed by atoms with E-state index >= 15 is 0 Å². The van der Waals surface area contributed by atoms with Crippen LogP contribution in [0.15, 0.2) is 60.7 Å². The smallest absolute Gasteiger partial charge is 0.0518 e. The van der Waals surface area contributed by atoms with E-state index in [0.29, 0.717) is 6.04 Å². The van der Waals surface area contributed by atoms with E-state index in [9.17, 15) is 0 Å². The van der Waals surface area contributed by atoms with Crippen LogP contribution < -0.4 is 11.1 Å². The Kier molecular flexibility index (Phi) is 7.31. The molecule has 23 heavy (non-hydrogen) atoms. The lowest BCUT2D eigenvalue weighted by Gasteiger charge is -2.30. The zero-order valence-corrected chi connectivity index (χ0v) is 14.4. The first-order valence-corrected chi connectivity index (χ1v) is 8.87. The molecule has 3 N–H and O–H groups in total. The quantitative estimate of drug-likeness (QED) is 0.685. The lowest BCUT2D eigenvalue weighted by molar-refractivity contribution is 0.354. The van der Waals surface area contributed by atoms with Gasteiger partial charge in [0, 0.05) is 12.1 Å². The molecular formula is C21H30N2. The van der Waals surface area contributed by atoms with E-state index in [1.54, 1.807) is 0 Å². The van der Waals surface area contributed by atoms with Gasteiger partial charge in [-0.25, -0.2) is 0 Å². The molecule has 2 rings (SSSR count). The summed E-state index contributed by atoms with van der Waals surface area (Å²) in [5, 5.41) is 3.85. The second-order valence-corrected chi connectivity index (χ2v) is 6.27. The number of hydrogen-bond acceptors (Lipinski definition) is 2. The van der Waals surface area contributed by atoms with E-state index in [1.165, 1.54) is 36.8 Å². The number of hydrogen-bond donors (Lipinski definition) is 2. The number of benzene rings is 2. The first-order chi connectivity index (χ1) is 11.3. The van der Waals surface area contributed by atoms with Crippen molar-refractivity contribution in [3.8, 4) is 0 Å².